The molecule has 1 aromatic rings. The third-order valence-electron chi connectivity index (χ3n) is 2.96. The maximum Gasteiger partial charge on any atom is 0.230 e. The van der Waals surface area contributed by atoms with Gasteiger partial charge in [-0.05, 0) is 30.7 Å². The highest BCUT2D eigenvalue weighted by Gasteiger charge is 2.25. The van der Waals surface area contributed by atoms with E-state index in [4.69, 9.17) is 5.14 Å². The van der Waals surface area contributed by atoms with Gasteiger partial charge in [0.1, 0.15) is 0 Å². The van der Waals surface area contributed by atoms with Gasteiger partial charge in [-0.1, -0.05) is 20.8 Å². The van der Waals surface area contributed by atoms with Crippen LogP contribution in [0.5, 0.6) is 0 Å². The monoisotopic (exact) mass is 272 g/mol. The molecule has 6 heteroatoms. The molecule has 0 radical (unpaired) electrons. The van der Waals surface area contributed by atoms with Gasteiger partial charge < -0.3 is 5.32 Å². The highest BCUT2D eigenvalue weighted by molar-refractivity contribution is 8.22. The van der Waals surface area contributed by atoms with Gasteiger partial charge >= 0.3 is 0 Å². The molecule has 0 fully saturated rings. The van der Waals surface area contributed by atoms with Gasteiger partial charge in [-0.3, -0.25) is 13.9 Å². The van der Waals surface area contributed by atoms with E-state index in [0.29, 0.717) is 5.69 Å². The molecule has 5 nitrogen and oxygen atoms in total. The first-order chi connectivity index (χ1) is 8.16. The van der Waals surface area contributed by atoms with Crippen LogP contribution >= 0.6 is 10.8 Å². The zero-order chi connectivity index (χ0) is 14.0. The van der Waals surface area contributed by atoms with E-state index in [0.717, 1.165) is 6.42 Å². The minimum atomic E-state index is -3.19. The maximum absolute atomic E-state index is 11.9. The van der Waals surface area contributed by atoms with Crippen LogP contribution in [-0.2, 0) is 4.79 Å². The van der Waals surface area contributed by atoms with Crippen LogP contribution in [0.1, 0.15) is 27.2 Å². The zero-order valence-electron chi connectivity index (χ0n) is 10.8. The van der Waals surface area contributed by atoms with E-state index in [1.807, 2.05) is 20.8 Å². The third-order valence-corrected chi connectivity index (χ3v) is 3.92. The van der Waals surface area contributed by atoms with Crippen LogP contribution in [0.3, 0.4) is 0 Å². The van der Waals surface area contributed by atoms with Crippen LogP contribution in [0.2, 0.25) is 0 Å². The summed E-state index contributed by atoms with van der Waals surface area (Å²) in [6.45, 7) is 5.69. The van der Waals surface area contributed by atoms with Gasteiger partial charge in [0, 0.05) is 11.1 Å². The van der Waals surface area contributed by atoms with Crippen molar-refractivity contribution in [3.63, 3.8) is 0 Å². The van der Waals surface area contributed by atoms with Crippen molar-refractivity contribution in [2.75, 3.05) is 5.32 Å². The molecule has 18 heavy (non-hydrogen) atoms. The lowest BCUT2D eigenvalue weighted by molar-refractivity contribution is -0.124. The summed E-state index contributed by atoms with van der Waals surface area (Å²) < 4.78 is 18.5. The Morgan fingerprint density at radius 2 is 1.83 bits per heavy atom. The number of amides is 1. The van der Waals surface area contributed by atoms with Crippen LogP contribution in [0.15, 0.2) is 29.2 Å². The van der Waals surface area contributed by atoms with Crippen LogP contribution in [-0.4, -0.2) is 15.0 Å². The smallest absolute Gasteiger partial charge is 0.230 e. The molecule has 0 saturated carbocycles. The number of hydrogen-bond donors (Lipinski definition) is 4. The minimum Gasteiger partial charge on any atom is -0.326 e. The molecule has 1 amide bonds. The lowest BCUT2D eigenvalue weighted by Crippen LogP contribution is -2.29. The highest BCUT2D eigenvalue weighted by atomic mass is 32.3. The number of nitrogens with two attached hydrogens (primary N) is 1. The van der Waals surface area contributed by atoms with Crippen molar-refractivity contribution in [2.45, 2.75) is 32.1 Å². The Balaban J connectivity index is 2.79. The molecule has 0 aliphatic carbocycles. The Morgan fingerprint density at radius 1 is 1.33 bits per heavy atom. The summed E-state index contributed by atoms with van der Waals surface area (Å²) in [5, 5.41) is 7.98. The molecule has 0 atom stereocenters. The Labute approximate surface area is 109 Å². The fourth-order valence-corrected chi connectivity index (χ4v) is 1.74. The second kappa shape index (κ2) is 5.27. The van der Waals surface area contributed by atoms with Crippen molar-refractivity contribution in [1.29, 1.82) is 0 Å². The molecule has 0 unspecified atom stereocenters. The Kier molecular flexibility index (Phi) is 4.39. The standard InChI is InChI=1S/C12H20N2O3S/c1-4-12(2,3)11(15)14-9-5-7-10(8-6-9)18(13,16)17/h5-8,16-17H,4,13H2,1-3H3,(H,14,15). The molecular weight excluding hydrogens is 252 g/mol. The number of nitrogens with one attached hydrogen (secondary N) is 1. The topological polar surface area (TPSA) is 95.6 Å². The van der Waals surface area contributed by atoms with Crippen LogP contribution in [0.4, 0.5) is 5.69 Å². The van der Waals surface area contributed by atoms with Crippen LogP contribution in [0.25, 0.3) is 0 Å². The van der Waals surface area contributed by atoms with Gasteiger partial charge in [0.05, 0.1) is 4.90 Å². The van der Waals surface area contributed by atoms with E-state index < -0.39 is 16.2 Å². The predicted octanol–water partition coefficient (Wildman–Crippen LogP) is 3.04. The van der Waals surface area contributed by atoms with Crippen LogP contribution in [0, 0.1) is 5.41 Å². The molecule has 0 aromatic heterocycles. The Hall–Kier alpha value is -1.08. The average Bonchev–Trinajstić information content (AvgIpc) is 2.28. The first-order valence-corrected chi connectivity index (χ1v) is 7.25. The summed E-state index contributed by atoms with van der Waals surface area (Å²) in [5.74, 6) is -0.0721. The molecule has 1 rings (SSSR count). The van der Waals surface area contributed by atoms with Crippen molar-refractivity contribution >= 4 is 22.4 Å². The largest absolute Gasteiger partial charge is 0.326 e. The third kappa shape index (κ3) is 3.71. The first-order valence-electron chi connectivity index (χ1n) is 5.64. The molecule has 0 bridgehead atoms. The van der Waals surface area contributed by atoms with Crippen molar-refractivity contribution in [1.82, 2.24) is 0 Å². The molecule has 0 spiro atoms. The second-order valence-corrected chi connectivity index (χ2v) is 6.47. The van der Waals surface area contributed by atoms with Crippen molar-refractivity contribution < 1.29 is 13.9 Å². The van der Waals surface area contributed by atoms with Gasteiger partial charge in [0.2, 0.25) is 5.91 Å². The number of carbonyl (C=O) groups is 1. The fraction of sp³-hybridized carbons (Fsp3) is 0.417. The molecule has 0 aliphatic rings. The summed E-state index contributed by atoms with van der Waals surface area (Å²) in [6.07, 6.45) is 0.736. The maximum atomic E-state index is 11.9. The predicted molar refractivity (Wildman–Crippen MR) is 74.4 cm³/mol. The molecular formula is C12H20N2O3S. The molecule has 0 heterocycles. The fourth-order valence-electron chi connectivity index (χ4n) is 1.20. The van der Waals surface area contributed by atoms with Crippen molar-refractivity contribution in [3.05, 3.63) is 24.3 Å². The van der Waals surface area contributed by atoms with Gasteiger partial charge in [0.15, 0.2) is 0 Å². The quantitative estimate of drug-likeness (QED) is 0.677. The molecule has 102 valence electrons. The van der Waals surface area contributed by atoms with E-state index >= 15 is 0 Å². The SMILES string of the molecule is CCC(C)(C)C(=O)Nc1ccc(S(N)(O)O)cc1. The summed E-state index contributed by atoms with van der Waals surface area (Å²) in [4.78, 5) is 12.2. The molecule has 1 aromatic carbocycles. The molecule has 5 N–H and O–H groups in total. The number of carbonyl (C=O) groups excluding carboxylic acids is 1. The summed E-state index contributed by atoms with van der Waals surface area (Å²) in [7, 11) is -3.19. The van der Waals surface area contributed by atoms with Gasteiger partial charge in [0.25, 0.3) is 0 Å². The Bertz CT molecular complexity index is 424. The first kappa shape index (κ1) is 15.0. The molecule has 0 aliphatic heterocycles. The minimum absolute atomic E-state index is 0.0721. The lowest BCUT2D eigenvalue weighted by atomic mass is 9.89. The average molecular weight is 272 g/mol. The van der Waals surface area contributed by atoms with Crippen LogP contribution < -0.4 is 10.5 Å². The summed E-state index contributed by atoms with van der Waals surface area (Å²) >= 11 is 0. The second-order valence-electron chi connectivity index (χ2n) is 4.81. The number of hydrogen-bond acceptors (Lipinski definition) is 4. The lowest BCUT2D eigenvalue weighted by Gasteiger charge is -2.26. The van der Waals surface area contributed by atoms with E-state index in [-0.39, 0.29) is 10.8 Å². The summed E-state index contributed by atoms with van der Waals surface area (Å²) in [5.41, 5.74) is 0.170. The van der Waals surface area contributed by atoms with E-state index in [2.05, 4.69) is 5.32 Å². The number of benzene rings is 1. The zero-order valence-corrected chi connectivity index (χ0v) is 11.6. The number of rotatable bonds is 4. The highest BCUT2D eigenvalue weighted by Crippen LogP contribution is 2.39. The van der Waals surface area contributed by atoms with Gasteiger partial charge in [-0.2, -0.15) is 0 Å². The number of anilines is 1. The van der Waals surface area contributed by atoms with E-state index in [1.165, 1.54) is 12.1 Å². The van der Waals surface area contributed by atoms with Gasteiger partial charge in [-0.15, -0.1) is 10.8 Å². The Morgan fingerprint density at radius 3 is 2.22 bits per heavy atom. The van der Waals surface area contributed by atoms with Gasteiger partial charge in [-0.25, -0.2) is 5.14 Å². The normalized spacial score (nSPS) is 13.2. The van der Waals surface area contributed by atoms with Crippen molar-refractivity contribution in [3.8, 4) is 0 Å². The van der Waals surface area contributed by atoms with E-state index in [9.17, 15) is 13.9 Å². The van der Waals surface area contributed by atoms with E-state index in [1.54, 1.807) is 12.1 Å². The summed E-state index contributed by atoms with van der Waals surface area (Å²) in [6, 6.07) is 6.17. The molecule has 0 saturated heterocycles. The van der Waals surface area contributed by atoms with Crippen molar-refractivity contribution in [2.24, 2.45) is 10.6 Å².